The molecule has 13 aromatic rings. The predicted octanol–water partition coefficient (Wildman–Crippen LogP) is 25.9. The molecule has 0 aliphatic rings. The lowest BCUT2D eigenvalue weighted by Gasteiger charge is -2.14. The van der Waals surface area contributed by atoms with Crippen molar-refractivity contribution in [2.45, 2.75) is 306 Å². The second kappa shape index (κ2) is 61.3. The highest BCUT2D eigenvalue weighted by molar-refractivity contribution is 7.15. The Labute approximate surface area is 783 Å². The maximum atomic E-state index is 12.5. The van der Waals surface area contributed by atoms with Crippen LogP contribution in [0.15, 0.2) is 57.8 Å². The van der Waals surface area contributed by atoms with Crippen LogP contribution in [0, 0.1) is 39.7 Å². The number of aryl methyl sites for hydroxylation is 17. The van der Waals surface area contributed by atoms with Crippen molar-refractivity contribution in [1.82, 2.24) is 88.3 Å². The van der Waals surface area contributed by atoms with Gasteiger partial charge in [0.1, 0.15) is 26.5 Å². The third-order valence-corrected chi connectivity index (χ3v) is 26.9. The number of nitrogens with two attached hydrogens (primary N) is 3. The van der Waals surface area contributed by atoms with Crippen LogP contribution in [0.2, 0.25) is 4.47 Å². The Balaban J connectivity index is 0.00000133. The quantitative estimate of drug-likeness (QED) is 0.0757. The van der Waals surface area contributed by atoms with Crippen LogP contribution in [0.5, 0.6) is 0 Å². The average Bonchev–Trinajstić information content (AvgIpc) is 1.73. The molecule has 0 aromatic carbocycles. The molecule has 0 aliphatic heterocycles. The van der Waals surface area contributed by atoms with E-state index >= 15 is 0 Å². The summed E-state index contributed by atoms with van der Waals surface area (Å²) < 4.78 is 120. The fourth-order valence-electron chi connectivity index (χ4n) is 8.07. The summed E-state index contributed by atoms with van der Waals surface area (Å²) in [5.41, 5.74) is 22.6. The van der Waals surface area contributed by atoms with Crippen molar-refractivity contribution in [3.63, 3.8) is 0 Å². The van der Waals surface area contributed by atoms with Crippen LogP contribution in [0.3, 0.4) is 0 Å². The molecule has 125 heavy (non-hydrogen) atoms. The van der Waals surface area contributed by atoms with Crippen LogP contribution in [0.1, 0.15) is 279 Å². The summed E-state index contributed by atoms with van der Waals surface area (Å²) in [6, 6.07) is 1.99. The van der Waals surface area contributed by atoms with Gasteiger partial charge in [-0.05, 0) is 135 Å². The molecule has 13 heterocycles. The normalized spacial score (nSPS) is 10.8. The minimum Gasteiger partial charge on any atom is -0.326 e. The molecular weight excluding hydrogens is 1850 g/mol. The molecule has 0 aliphatic carbocycles. The first kappa shape index (κ1) is 119. The van der Waals surface area contributed by atoms with Crippen molar-refractivity contribution >= 4 is 137 Å². The molecule has 0 fully saturated rings. The van der Waals surface area contributed by atoms with Gasteiger partial charge in [-0.1, -0.05) is 155 Å². The van der Waals surface area contributed by atoms with Crippen molar-refractivity contribution in [2.75, 3.05) is 0 Å². The number of rotatable bonds is 16. The molecule has 0 unspecified atom stereocenters. The number of nitrogens with zero attached hydrogens (tertiary/aromatic N) is 18. The summed E-state index contributed by atoms with van der Waals surface area (Å²) in [4.78, 5) is 42.2. The minimum atomic E-state index is -4.40. The Bertz CT molecular complexity index is 4350. The van der Waals surface area contributed by atoms with Crippen molar-refractivity contribution in [1.29, 1.82) is 0 Å². The lowest BCUT2D eigenvalue weighted by Crippen LogP contribution is -2.11. The zero-order valence-electron chi connectivity index (χ0n) is 75.8. The van der Waals surface area contributed by atoms with Gasteiger partial charge >= 0.3 is 12.4 Å². The van der Waals surface area contributed by atoms with Crippen molar-refractivity contribution < 1.29 is 39.5 Å². The van der Waals surface area contributed by atoms with Crippen molar-refractivity contribution in [3.05, 3.63) is 195 Å². The molecule has 6 N–H and O–H groups in total. The lowest BCUT2D eigenvalue weighted by molar-refractivity contribution is -0.141. The molecule has 0 amide bonds. The number of hydrogen-bond donors (Lipinski definition) is 3. The minimum absolute atomic E-state index is 0. The SMILES string of the molecule is C.CCc1cnc(C)s1.CCc1cnc(Cl)s1.CCc1csc(C(C)C)n1.CCc1csc(C)n1.CCc1nc(C(C)(C)C)cs1.CCc1nc(C(C)(F)F)cs1.CCc1nc(C(F)(F)F)cs1.CCc1nc(C)c(F)s1.CCc1nc(C)ns1.CCc1nnc(C(C)(C)C)s1.CCn1cc(CN)cn1.Cc1cc(CN)nn1C.NCc1nsc(C(F)(F)F)n1. The zero-order chi connectivity index (χ0) is 94.3. The number of halogens is 10. The third kappa shape index (κ3) is 49.3. The summed E-state index contributed by atoms with van der Waals surface area (Å²) in [6.45, 7) is 52.4. The summed E-state index contributed by atoms with van der Waals surface area (Å²) in [7, 11) is 1.91. The van der Waals surface area contributed by atoms with E-state index < -0.39 is 29.0 Å². The topological polar surface area (TPSA) is 294 Å². The number of hydrogen-bond acceptors (Lipinski definition) is 30. The standard InChI is InChI=1S/C9H15NS.C8H14N2S.C8H13NS.C7H9F2NS.C6H6F3NS.C6H8FNS.2C6H11N3.2C6H9NS.C5H6ClNS.C5H8N2S.C4H4F3N3S.CH4/c1-5-8-10-7(6-11-8)9(2,3)4;1-5-6-9-10-7(11-6)8(2,3)4;1-4-7-5-10-8(9-7)6(2)3;1-3-6-10-5(4-11-6)7(2,8)9;1-2-5-10-4(3-11-5)6(7,8)9;1-3-5-8-4(2)6(7)9-5;1-5-3-6(4-7)8-9(5)2;1-2-9-5-6(3-7)4-8-9;1-3-6-4-8-5(2)7-6;1-3-6-4-7-5(2)8-6;1-2-4-3-7-5(6)8-4;1-3-5-6-4(2)7-8-5;5-4(6,7)3-9-2(1-8)10-11-3;/h6H,5H2,1-4H3;5H2,1-4H3;5-6H,4H2,1-3H3;4H,3H2,1-2H3;3H,2H2,1H3;3H2,1-2H3;3H,4,7H2,1-2H3;4-5H,2-3,7H2,1H3;2*4H,3H2,1-2H3;3H,2H2,1H3;3H2,1-2H3;1,8H2;1H4. The Morgan fingerprint density at radius 3 is 1.24 bits per heavy atom. The zero-order valence-corrected chi connectivity index (χ0v) is 85.5. The third-order valence-electron chi connectivity index (χ3n) is 15.3. The van der Waals surface area contributed by atoms with Crippen LogP contribution in [0.25, 0.3) is 0 Å². The summed E-state index contributed by atoms with van der Waals surface area (Å²) >= 11 is 21.1. The molecule has 0 atom stereocenters. The summed E-state index contributed by atoms with van der Waals surface area (Å²) in [6.07, 6.45) is 8.26. The highest BCUT2D eigenvalue weighted by atomic mass is 35.5. The molecule has 13 aromatic heterocycles. The van der Waals surface area contributed by atoms with Gasteiger partial charge in [0.05, 0.1) is 76.3 Å². The van der Waals surface area contributed by atoms with Gasteiger partial charge in [0.2, 0.25) is 5.01 Å². The Morgan fingerprint density at radius 1 is 0.464 bits per heavy atom. The molecule has 0 spiro atoms. The van der Waals surface area contributed by atoms with Gasteiger partial charge in [-0.25, -0.2) is 49.8 Å². The van der Waals surface area contributed by atoms with Crippen LogP contribution in [-0.4, -0.2) is 88.3 Å². The molecule has 0 radical (unpaired) electrons. The van der Waals surface area contributed by atoms with Gasteiger partial charge in [0.15, 0.2) is 21.1 Å². The van der Waals surface area contributed by atoms with Crippen LogP contribution < -0.4 is 17.2 Å². The van der Waals surface area contributed by atoms with E-state index in [1.165, 1.54) is 75.1 Å². The van der Waals surface area contributed by atoms with E-state index in [0.717, 1.165) is 147 Å². The predicted molar refractivity (Wildman–Crippen MR) is 512 cm³/mol. The summed E-state index contributed by atoms with van der Waals surface area (Å²) in [5.74, 6) is -1.27. The highest BCUT2D eigenvalue weighted by Gasteiger charge is 2.36. The first-order chi connectivity index (χ1) is 58.1. The van der Waals surface area contributed by atoms with E-state index in [-0.39, 0.29) is 41.5 Å². The maximum absolute atomic E-state index is 12.5. The molecule has 0 bridgehead atoms. The van der Waals surface area contributed by atoms with E-state index in [1.54, 1.807) is 88.1 Å². The van der Waals surface area contributed by atoms with Crippen molar-refractivity contribution in [3.8, 4) is 0 Å². The first-order valence-corrected chi connectivity index (χ1v) is 49.6. The molecule has 42 heteroatoms. The van der Waals surface area contributed by atoms with E-state index in [0.29, 0.717) is 52.1 Å². The van der Waals surface area contributed by atoms with Crippen LogP contribution >= 0.6 is 137 Å². The van der Waals surface area contributed by atoms with Crippen LogP contribution in [0.4, 0.5) is 39.5 Å². The smallest absolute Gasteiger partial charge is 0.326 e. The van der Waals surface area contributed by atoms with Gasteiger partial charge in [-0.3, -0.25) is 9.36 Å². The summed E-state index contributed by atoms with van der Waals surface area (Å²) in [5, 5.41) is 34.6. The maximum Gasteiger partial charge on any atom is 0.444 e. The molecule has 13 rings (SSSR count). The van der Waals surface area contributed by atoms with Crippen molar-refractivity contribution in [2.24, 2.45) is 24.2 Å². The molecular formula is C83H127ClF9N21S11. The monoisotopic (exact) mass is 1980 g/mol. The number of alkyl halides is 8. The van der Waals surface area contributed by atoms with Gasteiger partial charge in [-0.2, -0.15) is 58.5 Å². The Hall–Kier alpha value is -6.32. The second-order valence-corrected chi connectivity index (χ2v) is 39.8. The molecule has 0 saturated carbocycles. The number of thiazole rings is 8. The fourth-order valence-corrected chi connectivity index (χ4v) is 16.6. The van der Waals surface area contributed by atoms with E-state index in [1.807, 2.05) is 89.5 Å². The highest BCUT2D eigenvalue weighted by Crippen LogP contribution is 2.33. The Kier molecular flexibility index (Phi) is 58.2. The lowest BCUT2D eigenvalue weighted by atomic mass is 9.93. The molecule has 700 valence electrons. The second-order valence-electron chi connectivity index (χ2n) is 28.3. The fraction of sp³-hybridized carbons (Fsp3) is 0.566. The number of aromatic nitrogens is 18. The van der Waals surface area contributed by atoms with E-state index in [2.05, 4.69) is 199 Å². The van der Waals surface area contributed by atoms with Gasteiger partial charge in [-0.15, -0.1) is 101 Å². The molecule has 21 nitrogen and oxygen atoms in total. The largest absolute Gasteiger partial charge is 0.444 e. The molecule has 0 saturated heterocycles. The van der Waals surface area contributed by atoms with E-state index in [4.69, 9.17) is 28.8 Å². The Morgan fingerprint density at radius 2 is 0.992 bits per heavy atom. The van der Waals surface area contributed by atoms with Gasteiger partial charge in [0.25, 0.3) is 5.92 Å². The average molecular weight is 1980 g/mol. The van der Waals surface area contributed by atoms with Gasteiger partial charge < -0.3 is 17.2 Å². The van der Waals surface area contributed by atoms with E-state index in [9.17, 15) is 39.5 Å². The van der Waals surface area contributed by atoms with Gasteiger partial charge in [0, 0.05) is 117 Å². The first-order valence-electron chi connectivity index (χ1n) is 40.0. The van der Waals surface area contributed by atoms with Crippen LogP contribution in [-0.2, 0) is 127 Å².